The van der Waals surface area contributed by atoms with E-state index in [1.165, 1.54) is 17.3 Å². The van der Waals surface area contributed by atoms with Crippen LogP contribution < -0.4 is 5.32 Å². The van der Waals surface area contributed by atoms with Gasteiger partial charge in [-0.1, -0.05) is 29.5 Å². The predicted octanol–water partition coefficient (Wildman–Crippen LogP) is 2.66. The summed E-state index contributed by atoms with van der Waals surface area (Å²) in [5.41, 5.74) is 3.04. The molecular formula is C17H20N6OS. The summed E-state index contributed by atoms with van der Waals surface area (Å²) in [4.78, 5) is 12.2. The van der Waals surface area contributed by atoms with Crippen molar-refractivity contribution in [3.63, 3.8) is 0 Å². The third-order valence-electron chi connectivity index (χ3n) is 3.69. The van der Waals surface area contributed by atoms with E-state index in [0.717, 1.165) is 17.2 Å². The third kappa shape index (κ3) is 3.90. The number of carbonyl (C=O) groups excluding carboxylic acids is 1. The zero-order chi connectivity index (χ0) is 18.0. The summed E-state index contributed by atoms with van der Waals surface area (Å²) in [6, 6.07) is 9.96. The Morgan fingerprint density at radius 1 is 1.16 bits per heavy atom. The first-order valence-electron chi connectivity index (χ1n) is 7.86. The van der Waals surface area contributed by atoms with Gasteiger partial charge in [0.2, 0.25) is 5.91 Å². The topological polar surface area (TPSA) is 77.6 Å². The molecule has 0 bridgehead atoms. The molecule has 3 rings (SSSR count). The van der Waals surface area contributed by atoms with Crippen LogP contribution in [0.4, 0.5) is 5.82 Å². The van der Waals surface area contributed by atoms with Crippen molar-refractivity contribution in [1.29, 1.82) is 0 Å². The van der Waals surface area contributed by atoms with Crippen molar-refractivity contribution in [2.24, 2.45) is 7.05 Å². The number of amides is 1. The van der Waals surface area contributed by atoms with Crippen LogP contribution in [0.15, 0.2) is 35.5 Å². The number of aromatic nitrogens is 5. The molecule has 8 heteroatoms. The molecule has 0 aliphatic heterocycles. The summed E-state index contributed by atoms with van der Waals surface area (Å²) in [7, 11) is 1.80. The van der Waals surface area contributed by atoms with Crippen LogP contribution in [-0.2, 0) is 11.8 Å². The Morgan fingerprint density at radius 2 is 1.88 bits per heavy atom. The number of anilines is 1. The maximum atomic E-state index is 12.2. The Morgan fingerprint density at radius 3 is 2.52 bits per heavy atom. The van der Waals surface area contributed by atoms with Crippen molar-refractivity contribution in [3.8, 4) is 5.69 Å². The van der Waals surface area contributed by atoms with Gasteiger partial charge >= 0.3 is 0 Å². The first kappa shape index (κ1) is 17.2. The van der Waals surface area contributed by atoms with Gasteiger partial charge in [0, 0.05) is 18.8 Å². The van der Waals surface area contributed by atoms with E-state index < -0.39 is 0 Å². The summed E-state index contributed by atoms with van der Waals surface area (Å²) < 4.78 is 3.60. The van der Waals surface area contributed by atoms with Gasteiger partial charge in [0.15, 0.2) is 5.16 Å². The van der Waals surface area contributed by atoms with Crippen molar-refractivity contribution < 1.29 is 4.79 Å². The second-order valence-electron chi connectivity index (χ2n) is 5.83. The minimum Gasteiger partial charge on any atom is -0.310 e. The number of benzene rings is 1. The number of hydrogen-bond donors (Lipinski definition) is 1. The maximum absolute atomic E-state index is 12.2. The van der Waals surface area contributed by atoms with Crippen LogP contribution in [0.5, 0.6) is 0 Å². The number of hydrogen-bond acceptors (Lipinski definition) is 5. The van der Waals surface area contributed by atoms with Crippen molar-refractivity contribution in [2.75, 3.05) is 11.1 Å². The van der Waals surface area contributed by atoms with Crippen LogP contribution in [0.1, 0.15) is 17.1 Å². The zero-order valence-electron chi connectivity index (χ0n) is 14.6. The summed E-state index contributed by atoms with van der Waals surface area (Å²) in [6.07, 6.45) is 0. The molecule has 1 amide bonds. The van der Waals surface area contributed by atoms with E-state index in [2.05, 4.69) is 20.6 Å². The Bertz CT molecular complexity index is 897. The largest absolute Gasteiger partial charge is 0.310 e. The molecule has 25 heavy (non-hydrogen) atoms. The minimum absolute atomic E-state index is 0.107. The molecule has 0 spiro atoms. The molecule has 0 radical (unpaired) electrons. The Balaban J connectivity index is 1.70. The van der Waals surface area contributed by atoms with Gasteiger partial charge in [-0.15, -0.1) is 10.2 Å². The van der Waals surface area contributed by atoms with Crippen molar-refractivity contribution in [2.45, 2.75) is 25.9 Å². The van der Waals surface area contributed by atoms with E-state index in [1.54, 1.807) is 11.7 Å². The lowest BCUT2D eigenvalue weighted by Crippen LogP contribution is -2.16. The number of carbonyl (C=O) groups is 1. The summed E-state index contributed by atoms with van der Waals surface area (Å²) >= 11 is 1.35. The Kier molecular flexibility index (Phi) is 4.89. The lowest BCUT2D eigenvalue weighted by atomic mass is 10.2. The van der Waals surface area contributed by atoms with Crippen molar-refractivity contribution in [3.05, 3.63) is 47.4 Å². The number of rotatable bonds is 5. The highest BCUT2D eigenvalue weighted by Gasteiger charge is 2.14. The Labute approximate surface area is 150 Å². The van der Waals surface area contributed by atoms with Gasteiger partial charge in [-0.05, 0) is 32.9 Å². The average molecular weight is 356 g/mol. The molecule has 2 aromatic heterocycles. The molecule has 2 heterocycles. The second kappa shape index (κ2) is 7.10. The molecule has 1 N–H and O–H groups in total. The van der Waals surface area contributed by atoms with E-state index in [-0.39, 0.29) is 11.7 Å². The molecule has 0 fully saturated rings. The van der Waals surface area contributed by atoms with E-state index in [0.29, 0.717) is 11.0 Å². The number of aryl methyl sites for hydroxylation is 4. The molecule has 0 saturated heterocycles. The van der Waals surface area contributed by atoms with Gasteiger partial charge in [-0.2, -0.15) is 5.10 Å². The summed E-state index contributed by atoms with van der Waals surface area (Å²) in [5.74, 6) is 1.60. The minimum atomic E-state index is -0.107. The van der Waals surface area contributed by atoms with Crippen LogP contribution in [-0.4, -0.2) is 36.2 Å². The van der Waals surface area contributed by atoms with Crippen molar-refractivity contribution >= 4 is 23.5 Å². The first-order chi connectivity index (χ1) is 11.9. The van der Waals surface area contributed by atoms with Crippen LogP contribution in [0.3, 0.4) is 0 Å². The van der Waals surface area contributed by atoms with E-state index in [1.807, 2.05) is 55.7 Å². The van der Waals surface area contributed by atoms with Gasteiger partial charge < -0.3 is 5.32 Å². The molecule has 0 unspecified atom stereocenters. The van der Waals surface area contributed by atoms with Gasteiger partial charge in [0.1, 0.15) is 11.6 Å². The highest BCUT2D eigenvalue weighted by atomic mass is 32.2. The fraction of sp³-hybridized carbons (Fsp3) is 0.294. The van der Waals surface area contributed by atoms with Crippen LogP contribution in [0.25, 0.3) is 5.69 Å². The van der Waals surface area contributed by atoms with Crippen LogP contribution in [0.2, 0.25) is 0 Å². The first-order valence-corrected chi connectivity index (χ1v) is 8.85. The molecule has 130 valence electrons. The molecule has 3 aromatic rings. The standard InChI is InChI=1S/C17H20N6OS/c1-11-5-7-14(8-6-11)23-13(3)19-20-17(23)25-10-16(24)18-15-9-12(2)21-22(15)4/h5-9H,10H2,1-4H3,(H,18,24). The molecule has 0 saturated carbocycles. The molecule has 1 aromatic carbocycles. The molecule has 0 aliphatic carbocycles. The van der Waals surface area contributed by atoms with Crippen LogP contribution >= 0.6 is 11.8 Å². The predicted molar refractivity (Wildman–Crippen MR) is 98.1 cm³/mol. The molecular weight excluding hydrogens is 336 g/mol. The fourth-order valence-corrected chi connectivity index (χ4v) is 3.26. The van der Waals surface area contributed by atoms with E-state index >= 15 is 0 Å². The number of thioether (sulfide) groups is 1. The second-order valence-corrected chi connectivity index (χ2v) is 6.77. The van der Waals surface area contributed by atoms with E-state index in [9.17, 15) is 4.79 Å². The molecule has 0 atom stereocenters. The smallest absolute Gasteiger partial charge is 0.235 e. The Hall–Kier alpha value is -2.61. The number of nitrogens with one attached hydrogen (secondary N) is 1. The summed E-state index contributed by atoms with van der Waals surface area (Å²) in [5, 5.41) is 16.1. The lowest BCUT2D eigenvalue weighted by molar-refractivity contribution is -0.113. The average Bonchev–Trinajstić information content (AvgIpc) is 3.08. The van der Waals surface area contributed by atoms with E-state index in [4.69, 9.17) is 0 Å². The van der Waals surface area contributed by atoms with Crippen molar-refractivity contribution in [1.82, 2.24) is 24.5 Å². The third-order valence-corrected chi connectivity index (χ3v) is 4.62. The van der Waals surface area contributed by atoms with Gasteiger partial charge in [0.05, 0.1) is 11.4 Å². The van der Waals surface area contributed by atoms with Gasteiger partial charge in [0.25, 0.3) is 0 Å². The molecule has 7 nitrogen and oxygen atoms in total. The zero-order valence-corrected chi connectivity index (χ0v) is 15.5. The molecule has 0 aliphatic rings. The highest BCUT2D eigenvalue weighted by molar-refractivity contribution is 7.99. The highest BCUT2D eigenvalue weighted by Crippen LogP contribution is 2.22. The SMILES string of the molecule is Cc1ccc(-n2c(C)nnc2SCC(=O)Nc2cc(C)nn2C)cc1. The fourth-order valence-electron chi connectivity index (χ4n) is 2.46. The monoisotopic (exact) mass is 356 g/mol. The van der Waals surface area contributed by atoms with Crippen LogP contribution in [0, 0.1) is 20.8 Å². The van der Waals surface area contributed by atoms with Gasteiger partial charge in [-0.25, -0.2) is 0 Å². The number of nitrogens with zero attached hydrogens (tertiary/aromatic N) is 5. The normalized spacial score (nSPS) is 10.9. The summed E-state index contributed by atoms with van der Waals surface area (Å²) in [6.45, 7) is 5.83. The van der Waals surface area contributed by atoms with Gasteiger partial charge in [-0.3, -0.25) is 14.0 Å². The lowest BCUT2D eigenvalue weighted by Gasteiger charge is -2.09. The quantitative estimate of drug-likeness (QED) is 0.711. The maximum Gasteiger partial charge on any atom is 0.235 e.